The molecule has 6 rings (SSSR count). The predicted molar refractivity (Wildman–Crippen MR) is 156 cm³/mol. The van der Waals surface area contributed by atoms with Crippen LogP contribution in [0.1, 0.15) is 44.6 Å². The lowest BCUT2D eigenvalue weighted by Crippen LogP contribution is -2.34. The number of carbonyl (C=O) groups is 2. The molecule has 1 fully saturated rings. The summed E-state index contributed by atoms with van der Waals surface area (Å²) in [6.07, 6.45) is 0.601. The number of aliphatic hydroxyl groups is 1. The van der Waals surface area contributed by atoms with Crippen LogP contribution >= 0.6 is 11.3 Å². The highest BCUT2D eigenvalue weighted by atomic mass is 32.1. The Balaban J connectivity index is 1.32. The zero-order valence-electron chi connectivity index (χ0n) is 22.5. The van der Waals surface area contributed by atoms with Crippen molar-refractivity contribution in [2.24, 2.45) is 0 Å². The standard InChI is InChI=1S/C31H28F2N4O3S/c1-17-5-3-6-23(33)28(17)35-30(39)26-14-19-11-12-36(25-15-20(32)9-10-22(25)29(19)41-26)31(40)24-7-4-8-27(34-24)37-16-21(38)13-18(37)2/h3-10,14-15,18,21,38H,11-13,16H2,1-2H3,(H,35,39)/t18-,21-/m0/s1. The maximum atomic E-state index is 14.6. The van der Waals surface area contributed by atoms with Gasteiger partial charge in [-0.05, 0) is 80.3 Å². The SMILES string of the molecule is Cc1cccc(F)c1NC(=O)c1cc2c(s1)-c1ccc(F)cc1N(C(=O)c1cccc(N3C[C@@H](O)C[C@@H]3C)n1)CC2. The van der Waals surface area contributed by atoms with E-state index >= 15 is 0 Å². The van der Waals surface area contributed by atoms with E-state index in [0.717, 1.165) is 10.4 Å². The summed E-state index contributed by atoms with van der Waals surface area (Å²) in [4.78, 5) is 36.2. The minimum absolute atomic E-state index is 0.0838. The van der Waals surface area contributed by atoms with Crippen LogP contribution < -0.4 is 15.1 Å². The Labute approximate surface area is 240 Å². The van der Waals surface area contributed by atoms with Crippen molar-refractivity contribution >= 4 is 40.3 Å². The van der Waals surface area contributed by atoms with Gasteiger partial charge in [0.25, 0.3) is 11.8 Å². The van der Waals surface area contributed by atoms with E-state index < -0.39 is 23.6 Å². The predicted octanol–water partition coefficient (Wildman–Crippen LogP) is 5.81. The number of pyridine rings is 1. The van der Waals surface area contributed by atoms with Gasteiger partial charge in [-0.3, -0.25) is 9.59 Å². The van der Waals surface area contributed by atoms with Gasteiger partial charge >= 0.3 is 0 Å². The van der Waals surface area contributed by atoms with Crippen molar-refractivity contribution in [1.82, 2.24) is 4.98 Å². The monoisotopic (exact) mass is 574 g/mol. The quantitative estimate of drug-likeness (QED) is 0.321. The van der Waals surface area contributed by atoms with Gasteiger partial charge in [-0.2, -0.15) is 0 Å². The third-order valence-corrected chi connectivity index (χ3v) is 8.85. The number of aromatic nitrogens is 1. The number of amides is 2. The number of para-hydroxylation sites is 1. The van der Waals surface area contributed by atoms with Crippen molar-refractivity contribution in [3.8, 4) is 10.4 Å². The van der Waals surface area contributed by atoms with Crippen molar-refractivity contribution in [1.29, 1.82) is 0 Å². The second-order valence-electron chi connectivity index (χ2n) is 10.5. The van der Waals surface area contributed by atoms with Crippen LogP contribution in [0.5, 0.6) is 0 Å². The number of hydrogen-bond acceptors (Lipinski definition) is 6. The Morgan fingerprint density at radius 3 is 2.66 bits per heavy atom. The molecule has 7 nitrogen and oxygen atoms in total. The maximum Gasteiger partial charge on any atom is 0.276 e. The molecule has 2 N–H and O–H groups in total. The highest BCUT2D eigenvalue weighted by Crippen LogP contribution is 2.42. The zero-order chi connectivity index (χ0) is 28.8. The van der Waals surface area contributed by atoms with Gasteiger partial charge in [0, 0.05) is 29.6 Å². The molecule has 4 heterocycles. The van der Waals surface area contributed by atoms with Crippen LogP contribution in [0.2, 0.25) is 0 Å². The van der Waals surface area contributed by atoms with Crippen molar-refractivity contribution in [3.63, 3.8) is 0 Å². The van der Waals surface area contributed by atoms with Crippen molar-refractivity contribution in [2.45, 2.75) is 38.8 Å². The van der Waals surface area contributed by atoms with E-state index in [9.17, 15) is 23.5 Å². The molecule has 0 spiro atoms. The molecule has 210 valence electrons. The molecule has 2 aromatic heterocycles. The van der Waals surface area contributed by atoms with Gasteiger partial charge in [0.05, 0.1) is 22.4 Å². The molecule has 0 unspecified atom stereocenters. The molecule has 2 aliphatic rings. The average molecular weight is 575 g/mol. The highest BCUT2D eigenvalue weighted by molar-refractivity contribution is 7.17. The van der Waals surface area contributed by atoms with E-state index in [2.05, 4.69) is 10.3 Å². The zero-order valence-corrected chi connectivity index (χ0v) is 23.3. The Morgan fingerprint density at radius 2 is 1.90 bits per heavy atom. The summed E-state index contributed by atoms with van der Waals surface area (Å²) >= 11 is 1.22. The first-order valence-electron chi connectivity index (χ1n) is 13.4. The Kier molecular flexibility index (Phi) is 7.04. The molecule has 0 aliphatic carbocycles. The fourth-order valence-electron chi connectivity index (χ4n) is 5.57. The normalized spacial score (nSPS) is 18.1. The summed E-state index contributed by atoms with van der Waals surface area (Å²) in [5, 5.41) is 12.8. The summed E-state index contributed by atoms with van der Waals surface area (Å²) in [5.74, 6) is -1.20. The van der Waals surface area contributed by atoms with Gasteiger partial charge in [0.1, 0.15) is 23.1 Å². The molecule has 0 saturated carbocycles. The van der Waals surface area contributed by atoms with Crippen LogP contribution in [-0.4, -0.2) is 47.1 Å². The summed E-state index contributed by atoms with van der Waals surface area (Å²) in [5.41, 5.74) is 2.83. The van der Waals surface area contributed by atoms with E-state index in [1.165, 1.54) is 34.4 Å². The number of aryl methyl sites for hydroxylation is 1. The Hall–Kier alpha value is -4.15. The summed E-state index contributed by atoms with van der Waals surface area (Å²) in [6, 6.07) is 15.9. The molecular weight excluding hydrogens is 546 g/mol. The van der Waals surface area contributed by atoms with Crippen LogP contribution in [0.4, 0.5) is 26.0 Å². The van der Waals surface area contributed by atoms with E-state index in [4.69, 9.17) is 0 Å². The van der Waals surface area contributed by atoms with Gasteiger partial charge in [0.2, 0.25) is 0 Å². The molecule has 0 radical (unpaired) electrons. The van der Waals surface area contributed by atoms with Gasteiger partial charge in [-0.1, -0.05) is 18.2 Å². The number of nitrogens with zero attached hydrogens (tertiary/aromatic N) is 3. The largest absolute Gasteiger partial charge is 0.391 e. The lowest BCUT2D eigenvalue weighted by Gasteiger charge is -2.25. The molecule has 0 bridgehead atoms. The minimum Gasteiger partial charge on any atom is -0.391 e. The number of rotatable bonds is 4. The number of halogens is 2. The molecule has 4 aromatic rings. The van der Waals surface area contributed by atoms with Crippen molar-refractivity contribution < 1.29 is 23.5 Å². The molecule has 2 aliphatic heterocycles. The molecule has 2 amide bonds. The second-order valence-corrected chi connectivity index (χ2v) is 11.5. The van der Waals surface area contributed by atoms with Gasteiger partial charge in [-0.25, -0.2) is 13.8 Å². The number of β-amino-alcohol motifs (C(OH)–C–C–N with tert-alkyl or cyclic N) is 1. The van der Waals surface area contributed by atoms with Crippen molar-refractivity contribution in [2.75, 3.05) is 28.2 Å². The number of fused-ring (bicyclic) bond motifs is 3. The first-order chi connectivity index (χ1) is 19.7. The van der Waals surface area contributed by atoms with Crippen LogP contribution in [-0.2, 0) is 6.42 Å². The smallest absolute Gasteiger partial charge is 0.276 e. The van der Waals surface area contributed by atoms with Crippen LogP contribution in [0, 0.1) is 18.6 Å². The summed E-state index contributed by atoms with van der Waals surface area (Å²) in [7, 11) is 0. The van der Waals surface area contributed by atoms with Gasteiger partial charge in [0.15, 0.2) is 0 Å². The highest BCUT2D eigenvalue weighted by Gasteiger charge is 2.31. The van der Waals surface area contributed by atoms with Crippen LogP contribution in [0.25, 0.3) is 10.4 Å². The first kappa shape index (κ1) is 27.0. The van der Waals surface area contributed by atoms with E-state index in [1.807, 2.05) is 17.9 Å². The van der Waals surface area contributed by atoms with Gasteiger partial charge < -0.3 is 20.2 Å². The van der Waals surface area contributed by atoms with E-state index in [0.29, 0.717) is 46.9 Å². The molecule has 2 atom stereocenters. The van der Waals surface area contributed by atoms with Gasteiger partial charge in [-0.15, -0.1) is 11.3 Å². The van der Waals surface area contributed by atoms with Crippen molar-refractivity contribution in [3.05, 3.63) is 94.0 Å². The van der Waals surface area contributed by atoms with E-state index in [1.54, 1.807) is 43.3 Å². The number of carbonyl (C=O) groups excluding carboxylic acids is 2. The van der Waals surface area contributed by atoms with E-state index in [-0.39, 0.29) is 29.9 Å². The first-order valence-corrected chi connectivity index (χ1v) is 14.2. The molecular formula is C31H28F2N4O3S. The number of benzene rings is 2. The second kappa shape index (κ2) is 10.7. The maximum absolute atomic E-state index is 14.6. The fraction of sp³-hybridized carbons (Fsp3) is 0.258. The topological polar surface area (TPSA) is 85.8 Å². The molecule has 10 heteroatoms. The summed E-state index contributed by atoms with van der Waals surface area (Å²) < 4.78 is 28.9. The third kappa shape index (κ3) is 5.09. The Morgan fingerprint density at radius 1 is 1.10 bits per heavy atom. The average Bonchev–Trinajstić information content (AvgIpc) is 3.49. The number of anilines is 3. The fourth-order valence-corrected chi connectivity index (χ4v) is 6.71. The number of aliphatic hydroxyl groups excluding tert-OH is 1. The number of hydrogen-bond donors (Lipinski definition) is 2. The molecule has 41 heavy (non-hydrogen) atoms. The minimum atomic E-state index is -0.514. The number of thiophene rings is 1. The van der Waals surface area contributed by atoms with Crippen LogP contribution in [0.15, 0.2) is 60.7 Å². The lowest BCUT2D eigenvalue weighted by molar-refractivity contribution is 0.0981. The van der Waals surface area contributed by atoms with Crippen LogP contribution in [0.3, 0.4) is 0 Å². The molecule has 1 saturated heterocycles. The number of nitrogens with one attached hydrogen (secondary N) is 1. The lowest BCUT2D eigenvalue weighted by atomic mass is 10.1. The Bertz CT molecular complexity index is 1650. The third-order valence-electron chi connectivity index (χ3n) is 7.64. The molecule has 2 aromatic carbocycles. The summed E-state index contributed by atoms with van der Waals surface area (Å²) in [6.45, 7) is 4.41.